The van der Waals surface area contributed by atoms with Crippen LogP contribution in [0.3, 0.4) is 0 Å². The molecule has 0 bridgehead atoms. The molecule has 0 aromatic heterocycles. The predicted octanol–water partition coefficient (Wildman–Crippen LogP) is 5.12. The summed E-state index contributed by atoms with van der Waals surface area (Å²) in [5, 5.41) is 11.2. The molecule has 1 saturated carbocycles. The highest BCUT2D eigenvalue weighted by Crippen LogP contribution is 2.64. The van der Waals surface area contributed by atoms with E-state index in [9.17, 15) is 29.1 Å². The normalized spacial score (nSPS) is 28.9. The molecule has 3 amide bonds. The number of nitrogens with zero attached hydrogens (tertiary/aromatic N) is 1. The van der Waals surface area contributed by atoms with Gasteiger partial charge in [-0.05, 0) is 42.0 Å². The molecule has 1 aliphatic heterocycles. The van der Waals surface area contributed by atoms with E-state index in [1.54, 1.807) is 66.7 Å². The van der Waals surface area contributed by atoms with Crippen molar-refractivity contribution in [3.63, 3.8) is 0 Å². The molecular weight excluding hydrogens is 577 g/mol. The molecule has 8 nitrogen and oxygen atoms in total. The third-order valence-corrected chi connectivity index (χ3v) is 10.1. The summed E-state index contributed by atoms with van der Waals surface area (Å²) in [5.41, 5.74) is 0.307. The molecule has 226 valence electrons. The van der Waals surface area contributed by atoms with Crippen LogP contribution in [0.25, 0.3) is 5.57 Å². The van der Waals surface area contributed by atoms with Gasteiger partial charge in [-0.25, -0.2) is 9.18 Å². The Morgan fingerprint density at radius 2 is 1.60 bits per heavy atom. The average Bonchev–Trinajstić information content (AvgIpc) is 3.32. The van der Waals surface area contributed by atoms with Crippen molar-refractivity contribution < 1.29 is 38.2 Å². The fourth-order valence-corrected chi connectivity index (χ4v) is 8.25. The zero-order chi connectivity index (χ0) is 31.6. The van der Waals surface area contributed by atoms with Crippen molar-refractivity contribution in [1.29, 1.82) is 0 Å². The molecule has 9 heteroatoms. The second-order valence-corrected chi connectivity index (χ2v) is 11.9. The van der Waals surface area contributed by atoms with E-state index in [4.69, 9.17) is 4.74 Å². The summed E-state index contributed by atoms with van der Waals surface area (Å²) in [7, 11) is 1.08. The lowest BCUT2D eigenvalue weighted by atomic mass is 9.44. The van der Waals surface area contributed by atoms with E-state index in [0.29, 0.717) is 21.6 Å². The Bertz CT molecular complexity index is 1850. The molecule has 6 atom stereocenters. The maximum atomic E-state index is 15.1. The first-order valence-electron chi connectivity index (χ1n) is 14.8. The number of carbonyl (C=O) groups excluding carboxylic acids is 5. The minimum Gasteiger partial charge on any atom is -0.505 e. The van der Waals surface area contributed by atoms with E-state index in [1.807, 2.05) is 0 Å². The number of allylic oxidation sites excluding steroid dienone is 4. The number of carbonyl (C=O) groups is 5. The summed E-state index contributed by atoms with van der Waals surface area (Å²) in [5.74, 6) is -8.51. The Kier molecular flexibility index (Phi) is 6.65. The van der Waals surface area contributed by atoms with Crippen LogP contribution in [0, 0.1) is 29.5 Å². The molecule has 1 saturated heterocycles. The number of phenolic OH excluding ortho intramolecular Hbond substituents is 1. The number of amides is 3. The first-order valence-corrected chi connectivity index (χ1v) is 14.8. The minimum absolute atomic E-state index is 0.0112. The highest BCUT2D eigenvalue weighted by molar-refractivity contribution is 6.31. The number of phenols is 1. The second kappa shape index (κ2) is 10.5. The van der Waals surface area contributed by atoms with Crippen LogP contribution in [0.4, 0.5) is 9.18 Å². The Morgan fingerprint density at radius 1 is 0.911 bits per heavy atom. The molecule has 0 radical (unpaired) electrons. The van der Waals surface area contributed by atoms with Gasteiger partial charge >= 0.3 is 6.09 Å². The summed E-state index contributed by atoms with van der Waals surface area (Å²) >= 11 is 0. The average molecular weight is 606 g/mol. The van der Waals surface area contributed by atoms with Crippen molar-refractivity contribution in [3.05, 3.63) is 119 Å². The summed E-state index contributed by atoms with van der Waals surface area (Å²) in [6.07, 6.45) is 2.11. The van der Waals surface area contributed by atoms with E-state index in [-0.39, 0.29) is 29.8 Å². The topological polar surface area (TPSA) is 118 Å². The summed E-state index contributed by atoms with van der Waals surface area (Å²) in [6.45, 7) is 0. The van der Waals surface area contributed by atoms with Crippen molar-refractivity contribution in [1.82, 2.24) is 4.90 Å². The lowest BCUT2D eigenvalue weighted by Gasteiger charge is -2.55. The van der Waals surface area contributed by atoms with Gasteiger partial charge in [-0.1, -0.05) is 84.4 Å². The van der Waals surface area contributed by atoms with Crippen LogP contribution < -0.4 is 0 Å². The molecule has 1 heterocycles. The Hall–Kier alpha value is -5.18. The van der Waals surface area contributed by atoms with E-state index in [2.05, 4.69) is 0 Å². The third-order valence-electron chi connectivity index (χ3n) is 10.1. The lowest BCUT2D eigenvalue weighted by molar-refractivity contribution is -0.138. The van der Waals surface area contributed by atoms with Gasteiger partial charge in [-0.15, -0.1) is 0 Å². The number of para-hydroxylation sites is 1. The molecular formula is C36H28FNO7. The number of hydrogen-bond donors (Lipinski definition) is 1. The fraction of sp³-hybridized carbons (Fsp3) is 0.250. The quantitative estimate of drug-likeness (QED) is 0.325. The van der Waals surface area contributed by atoms with Crippen molar-refractivity contribution in [2.75, 3.05) is 7.11 Å². The Balaban J connectivity index is 1.51. The van der Waals surface area contributed by atoms with Crippen LogP contribution in [-0.4, -0.2) is 46.6 Å². The molecule has 1 N–H and O–H groups in total. The highest BCUT2D eigenvalue weighted by atomic mass is 19.1. The third kappa shape index (κ3) is 3.92. The number of Topliss-reactive ketones (excluding diaryl/α,β-unsaturated/α-hetero) is 1. The molecule has 2 fully saturated rings. The van der Waals surface area contributed by atoms with Gasteiger partial charge in [0.25, 0.3) is 0 Å². The molecule has 4 aliphatic rings. The summed E-state index contributed by atoms with van der Waals surface area (Å²) < 4.78 is 19.8. The van der Waals surface area contributed by atoms with Gasteiger partial charge < -0.3 is 9.84 Å². The Morgan fingerprint density at radius 3 is 2.29 bits per heavy atom. The number of likely N-dealkylation sites (tertiary alicyclic amines) is 1. The van der Waals surface area contributed by atoms with Crippen LogP contribution in [0.15, 0.2) is 96.6 Å². The van der Waals surface area contributed by atoms with Crippen LogP contribution in [0.5, 0.6) is 5.75 Å². The van der Waals surface area contributed by atoms with Crippen molar-refractivity contribution in [2.24, 2.45) is 23.7 Å². The number of rotatable bonds is 3. The smallest absolute Gasteiger partial charge is 0.423 e. The van der Waals surface area contributed by atoms with Crippen LogP contribution in [0.2, 0.25) is 0 Å². The summed E-state index contributed by atoms with van der Waals surface area (Å²) in [4.78, 5) is 69.8. The molecule has 3 aromatic carbocycles. The van der Waals surface area contributed by atoms with Crippen LogP contribution >= 0.6 is 0 Å². The Labute approximate surface area is 257 Å². The number of ether oxygens (including phenoxy) is 1. The standard InChI is InChI=1S/C36H28FNO7/c1-45-35(44)38-33(42)22-16-15-21-25(29(22)34(38)43)17-26-31(40)24(19-9-4-2-5-10-19)18-28(39)36(26,20-11-6-3-7-12-20)30(21)23-13-8-14-27(37)32(23)41/h2-15,18,22,25-26,29-30,41H,16-17H2,1H3. The van der Waals surface area contributed by atoms with Gasteiger partial charge in [0.1, 0.15) is 0 Å². The number of aromatic hydroxyl groups is 1. The number of ketones is 2. The van der Waals surface area contributed by atoms with Crippen molar-refractivity contribution in [3.8, 4) is 5.75 Å². The van der Waals surface area contributed by atoms with Crippen LogP contribution in [0.1, 0.15) is 35.4 Å². The SMILES string of the molecule is COC(=O)N1C(=O)C2CC=C3C(CC4C(=O)C(c5ccccc5)=CC(=O)C4(c4ccccc4)C3c3cccc(F)c3O)C2C1=O. The fourth-order valence-electron chi connectivity index (χ4n) is 8.25. The molecule has 45 heavy (non-hydrogen) atoms. The number of benzene rings is 3. The van der Waals surface area contributed by atoms with Gasteiger partial charge in [-0.2, -0.15) is 4.90 Å². The zero-order valence-corrected chi connectivity index (χ0v) is 24.2. The second-order valence-electron chi connectivity index (χ2n) is 11.9. The number of hydrogen-bond acceptors (Lipinski definition) is 7. The molecule has 6 unspecified atom stereocenters. The summed E-state index contributed by atoms with van der Waals surface area (Å²) in [6, 6.07) is 21.6. The first kappa shape index (κ1) is 28.6. The lowest BCUT2D eigenvalue weighted by Crippen LogP contribution is -2.58. The van der Waals surface area contributed by atoms with E-state index >= 15 is 4.39 Å². The minimum atomic E-state index is -1.61. The number of methoxy groups -OCH3 is 1. The molecule has 3 aliphatic carbocycles. The maximum Gasteiger partial charge on any atom is 0.423 e. The van der Waals surface area contributed by atoms with E-state index in [1.165, 1.54) is 18.2 Å². The highest BCUT2D eigenvalue weighted by Gasteiger charge is 2.66. The predicted molar refractivity (Wildman–Crippen MR) is 159 cm³/mol. The van der Waals surface area contributed by atoms with Gasteiger partial charge in [0.05, 0.1) is 24.4 Å². The first-order chi connectivity index (χ1) is 21.7. The molecule has 3 aromatic rings. The largest absolute Gasteiger partial charge is 0.505 e. The van der Waals surface area contributed by atoms with Gasteiger partial charge in [0, 0.05) is 23.0 Å². The van der Waals surface area contributed by atoms with Crippen LogP contribution in [-0.2, 0) is 29.3 Å². The van der Waals surface area contributed by atoms with Gasteiger partial charge in [0.15, 0.2) is 23.1 Å². The number of halogens is 1. The van der Waals surface area contributed by atoms with E-state index < -0.39 is 70.3 Å². The maximum absolute atomic E-state index is 15.1. The molecule has 7 rings (SSSR count). The number of fused-ring (bicyclic) bond motifs is 4. The zero-order valence-electron chi connectivity index (χ0n) is 24.2. The van der Waals surface area contributed by atoms with Crippen molar-refractivity contribution in [2.45, 2.75) is 24.2 Å². The molecule has 0 spiro atoms. The van der Waals surface area contributed by atoms with E-state index in [0.717, 1.165) is 13.2 Å². The number of imide groups is 3. The monoisotopic (exact) mass is 605 g/mol. The van der Waals surface area contributed by atoms with Gasteiger partial charge in [0.2, 0.25) is 11.8 Å². The van der Waals surface area contributed by atoms with Crippen molar-refractivity contribution >= 4 is 35.0 Å². The van der Waals surface area contributed by atoms with Gasteiger partial charge in [-0.3, -0.25) is 19.2 Å².